The molecule has 0 amide bonds. The molecule has 2 rings (SSSR count). The fourth-order valence-corrected chi connectivity index (χ4v) is 1.98. The Bertz CT molecular complexity index is 612. The van der Waals surface area contributed by atoms with Crippen LogP contribution in [0.25, 0.3) is 11.3 Å². The Labute approximate surface area is 115 Å². The van der Waals surface area contributed by atoms with Crippen LogP contribution in [0.15, 0.2) is 41.3 Å². The standard InChI is InChI=1S/C14H14ClFN2O/c15-8-3-4-9-18-10-7-13(17-14(18)19)11-5-1-2-6-12(11)16/h1-2,5-7,10H,3-4,8-9H2. The molecule has 0 aliphatic heterocycles. The van der Waals surface area contributed by atoms with Crippen molar-refractivity contribution in [2.75, 3.05) is 5.88 Å². The maximum absolute atomic E-state index is 13.6. The molecule has 0 saturated carbocycles. The molecule has 5 heteroatoms. The molecule has 0 N–H and O–H groups in total. The van der Waals surface area contributed by atoms with Gasteiger partial charge in [0, 0.05) is 24.2 Å². The summed E-state index contributed by atoms with van der Waals surface area (Å²) in [6.45, 7) is 0.579. The van der Waals surface area contributed by atoms with E-state index in [2.05, 4.69) is 4.98 Å². The Balaban J connectivity index is 2.24. The molecular weight excluding hydrogens is 267 g/mol. The number of hydrogen-bond acceptors (Lipinski definition) is 2. The normalized spacial score (nSPS) is 10.6. The Morgan fingerprint density at radius 1 is 1.21 bits per heavy atom. The van der Waals surface area contributed by atoms with Gasteiger partial charge in [0.1, 0.15) is 5.82 Å². The third kappa shape index (κ3) is 3.41. The van der Waals surface area contributed by atoms with Gasteiger partial charge in [0.25, 0.3) is 0 Å². The zero-order valence-corrected chi connectivity index (χ0v) is 11.1. The number of aromatic nitrogens is 2. The van der Waals surface area contributed by atoms with Gasteiger partial charge >= 0.3 is 5.69 Å². The number of unbranched alkanes of at least 4 members (excludes halogenated alkanes) is 1. The molecule has 0 bridgehead atoms. The van der Waals surface area contributed by atoms with Gasteiger partial charge in [0.15, 0.2) is 0 Å². The van der Waals surface area contributed by atoms with E-state index in [4.69, 9.17) is 11.6 Å². The summed E-state index contributed by atoms with van der Waals surface area (Å²) in [7, 11) is 0. The summed E-state index contributed by atoms with van der Waals surface area (Å²) in [6.07, 6.45) is 3.32. The van der Waals surface area contributed by atoms with Crippen molar-refractivity contribution in [1.82, 2.24) is 9.55 Å². The molecule has 0 aliphatic carbocycles. The third-order valence-electron chi connectivity index (χ3n) is 2.81. The molecule has 0 spiro atoms. The molecule has 0 aliphatic rings. The Morgan fingerprint density at radius 3 is 2.68 bits per heavy atom. The molecule has 0 atom stereocenters. The van der Waals surface area contributed by atoms with E-state index in [0.717, 1.165) is 12.8 Å². The van der Waals surface area contributed by atoms with Gasteiger partial charge in [-0.3, -0.25) is 4.57 Å². The summed E-state index contributed by atoms with van der Waals surface area (Å²) in [5.74, 6) is 0.199. The van der Waals surface area contributed by atoms with Gasteiger partial charge in [-0.05, 0) is 31.0 Å². The van der Waals surface area contributed by atoms with Crippen molar-refractivity contribution in [1.29, 1.82) is 0 Å². The minimum absolute atomic E-state index is 0.340. The van der Waals surface area contributed by atoms with E-state index >= 15 is 0 Å². The summed E-state index contributed by atoms with van der Waals surface area (Å²) < 4.78 is 15.1. The van der Waals surface area contributed by atoms with E-state index < -0.39 is 0 Å². The van der Waals surface area contributed by atoms with Gasteiger partial charge in [-0.2, -0.15) is 4.98 Å². The SMILES string of the molecule is O=c1nc(-c2ccccc2F)ccn1CCCCCl. The molecule has 19 heavy (non-hydrogen) atoms. The highest BCUT2D eigenvalue weighted by Gasteiger charge is 2.07. The number of benzene rings is 1. The Morgan fingerprint density at radius 2 is 2.00 bits per heavy atom. The van der Waals surface area contributed by atoms with E-state index in [1.165, 1.54) is 10.6 Å². The quantitative estimate of drug-likeness (QED) is 0.623. The van der Waals surface area contributed by atoms with Crippen molar-refractivity contribution >= 4 is 11.6 Å². The van der Waals surface area contributed by atoms with Crippen LogP contribution < -0.4 is 5.69 Å². The lowest BCUT2D eigenvalue weighted by Gasteiger charge is -2.06. The fraction of sp³-hybridized carbons (Fsp3) is 0.286. The molecule has 3 nitrogen and oxygen atoms in total. The van der Waals surface area contributed by atoms with Crippen molar-refractivity contribution in [2.45, 2.75) is 19.4 Å². The monoisotopic (exact) mass is 280 g/mol. The van der Waals surface area contributed by atoms with Crippen LogP contribution in [0.4, 0.5) is 4.39 Å². The first-order valence-corrected chi connectivity index (χ1v) is 6.64. The van der Waals surface area contributed by atoms with Crippen LogP contribution >= 0.6 is 11.6 Å². The minimum atomic E-state index is -0.380. The predicted octanol–water partition coefficient (Wildman–Crippen LogP) is 3.07. The zero-order valence-electron chi connectivity index (χ0n) is 10.4. The lowest BCUT2D eigenvalue weighted by Crippen LogP contribution is -2.22. The van der Waals surface area contributed by atoms with Crippen LogP contribution in [-0.4, -0.2) is 15.4 Å². The highest BCUT2D eigenvalue weighted by atomic mass is 35.5. The number of halogens is 2. The topological polar surface area (TPSA) is 34.9 Å². The lowest BCUT2D eigenvalue weighted by molar-refractivity contribution is 0.600. The van der Waals surface area contributed by atoms with Crippen LogP contribution in [0.1, 0.15) is 12.8 Å². The van der Waals surface area contributed by atoms with Crippen LogP contribution in [-0.2, 0) is 6.54 Å². The van der Waals surface area contributed by atoms with Crippen LogP contribution in [0.2, 0.25) is 0 Å². The van der Waals surface area contributed by atoms with Crippen LogP contribution in [0, 0.1) is 5.82 Å². The van der Waals surface area contributed by atoms with Crippen molar-refractivity contribution in [3.8, 4) is 11.3 Å². The Hall–Kier alpha value is -1.68. The first-order chi connectivity index (χ1) is 9.22. The predicted molar refractivity (Wildman–Crippen MR) is 73.8 cm³/mol. The smallest absolute Gasteiger partial charge is 0.299 e. The van der Waals surface area contributed by atoms with Gasteiger partial charge in [0.05, 0.1) is 5.69 Å². The maximum atomic E-state index is 13.6. The van der Waals surface area contributed by atoms with Crippen molar-refractivity contribution < 1.29 is 4.39 Å². The Kier molecular flexibility index (Phi) is 4.68. The van der Waals surface area contributed by atoms with E-state index in [9.17, 15) is 9.18 Å². The number of nitrogens with zero attached hydrogens (tertiary/aromatic N) is 2. The fourth-order valence-electron chi connectivity index (χ4n) is 1.79. The molecule has 0 saturated heterocycles. The molecule has 0 radical (unpaired) electrons. The van der Waals surface area contributed by atoms with Gasteiger partial charge in [-0.15, -0.1) is 11.6 Å². The summed E-state index contributed by atoms with van der Waals surface area (Å²) in [6, 6.07) is 7.93. The van der Waals surface area contributed by atoms with Crippen molar-refractivity contribution in [3.05, 3.63) is 52.8 Å². The highest BCUT2D eigenvalue weighted by Crippen LogP contribution is 2.18. The first kappa shape index (κ1) is 13.7. The van der Waals surface area contributed by atoms with E-state index in [1.807, 2.05) is 0 Å². The first-order valence-electron chi connectivity index (χ1n) is 6.10. The molecular formula is C14H14ClFN2O. The minimum Gasteiger partial charge on any atom is -0.299 e. The number of rotatable bonds is 5. The second kappa shape index (κ2) is 6.48. The van der Waals surface area contributed by atoms with Crippen molar-refractivity contribution in [2.24, 2.45) is 0 Å². The molecule has 1 aromatic carbocycles. The van der Waals surface area contributed by atoms with Gasteiger partial charge in [0.2, 0.25) is 0 Å². The molecule has 0 unspecified atom stereocenters. The molecule has 100 valence electrons. The van der Waals surface area contributed by atoms with Crippen molar-refractivity contribution in [3.63, 3.8) is 0 Å². The number of alkyl halides is 1. The average molecular weight is 281 g/mol. The van der Waals surface area contributed by atoms with Gasteiger partial charge in [-0.1, -0.05) is 12.1 Å². The second-order valence-electron chi connectivity index (χ2n) is 4.16. The third-order valence-corrected chi connectivity index (χ3v) is 3.07. The molecule has 2 aromatic rings. The largest absolute Gasteiger partial charge is 0.348 e. The number of hydrogen-bond donors (Lipinski definition) is 0. The van der Waals surface area contributed by atoms with E-state index in [1.54, 1.807) is 30.5 Å². The summed E-state index contributed by atoms with van der Waals surface area (Å²) in [4.78, 5) is 15.7. The average Bonchev–Trinajstić information content (AvgIpc) is 2.41. The van der Waals surface area contributed by atoms with E-state index in [0.29, 0.717) is 23.7 Å². The molecule has 1 aromatic heterocycles. The van der Waals surface area contributed by atoms with Gasteiger partial charge < -0.3 is 0 Å². The molecule has 0 fully saturated rings. The zero-order chi connectivity index (χ0) is 13.7. The van der Waals surface area contributed by atoms with E-state index in [-0.39, 0.29) is 11.5 Å². The lowest BCUT2D eigenvalue weighted by atomic mass is 10.1. The highest BCUT2D eigenvalue weighted by molar-refractivity contribution is 6.17. The summed E-state index contributed by atoms with van der Waals surface area (Å²) >= 11 is 5.59. The van der Waals surface area contributed by atoms with Crippen LogP contribution in [0.5, 0.6) is 0 Å². The maximum Gasteiger partial charge on any atom is 0.348 e. The molecule has 1 heterocycles. The summed E-state index contributed by atoms with van der Waals surface area (Å²) in [5.41, 5.74) is 0.333. The second-order valence-corrected chi connectivity index (χ2v) is 4.54. The summed E-state index contributed by atoms with van der Waals surface area (Å²) in [5, 5.41) is 0. The van der Waals surface area contributed by atoms with Gasteiger partial charge in [-0.25, -0.2) is 9.18 Å². The number of aryl methyl sites for hydroxylation is 1. The van der Waals surface area contributed by atoms with Crippen LogP contribution in [0.3, 0.4) is 0 Å².